The summed E-state index contributed by atoms with van der Waals surface area (Å²) in [5, 5.41) is 17.5. The van der Waals surface area contributed by atoms with E-state index in [2.05, 4.69) is 15.2 Å². The second-order valence-electron chi connectivity index (χ2n) is 6.00. The SMILES string of the molecule is O=C(O)c1ccc2c(c1)nnn2C1CCN2CCCCC12. The fourth-order valence-electron chi connectivity index (χ4n) is 3.83. The van der Waals surface area contributed by atoms with Crippen LogP contribution in [0.2, 0.25) is 0 Å². The second kappa shape index (κ2) is 4.80. The molecular weight excluding hydrogens is 268 g/mol. The van der Waals surface area contributed by atoms with Gasteiger partial charge in [0.15, 0.2) is 0 Å². The highest BCUT2D eigenvalue weighted by Gasteiger charge is 2.37. The molecule has 0 saturated carbocycles. The van der Waals surface area contributed by atoms with Gasteiger partial charge in [-0.15, -0.1) is 5.10 Å². The Kier molecular flexibility index (Phi) is 2.92. The smallest absolute Gasteiger partial charge is 0.335 e. The molecule has 3 heterocycles. The molecule has 21 heavy (non-hydrogen) atoms. The lowest BCUT2D eigenvalue weighted by Gasteiger charge is -2.32. The number of carboxylic acid groups (broad SMARTS) is 1. The fourth-order valence-corrected chi connectivity index (χ4v) is 3.83. The molecule has 4 rings (SSSR count). The van der Waals surface area contributed by atoms with Crippen LogP contribution in [0.3, 0.4) is 0 Å². The van der Waals surface area contributed by atoms with E-state index in [1.807, 2.05) is 10.7 Å². The lowest BCUT2D eigenvalue weighted by molar-refractivity contribution is 0.0697. The largest absolute Gasteiger partial charge is 0.478 e. The molecule has 0 aliphatic carbocycles. The van der Waals surface area contributed by atoms with Crippen molar-refractivity contribution in [1.82, 2.24) is 19.9 Å². The molecule has 110 valence electrons. The minimum absolute atomic E-state index is 0.264. The number of aromatic nitrogens is 3. The number of hydrogen-bond acceptors (Lipinski definition) is 4. The molecule has 2 fully saturated rings. The Balaban J connectivity index is 1.72. The summed E-state index contributed by atoms with van der Waals surface area (Å²) in [6, 6.07) is 6.01. The molecule has 2 aliphatic heterocycles. The third-order valence-electron chi connectivity index (χ3n) is 4.85. The highest BCUT2D eigenvalue weighted by atomic mass is 16.4. The molecule has 1 aromatic heterocycles. The van der Waals surface area contributed by atoms with Crippen LogP contribution in [-0.2, 0) is 0 Å². The molecule has 2 aromatic rings. The third kappa shape index (κ3) is 2.01. The van der Waals surface area contributed by atoms with E-state index in [0.29, 0.717) is 17.6 Å². The first kappa shape index (κ1) is 12.8. The summed E-state index contributed by atoms with van der Waals surface area (Å²) in [6.45, 7) is 2.32. The number of aromatic carboxylic acids is 1. The molecule has 6 nitrogen and oxygen atoms in total. The van der Waals surface area contributed by atoms with Gasteiger partial charge in [0.2, 0.25) is 0 Å². The van der Waals surface area contributed by atoms with Gasteiger partial charge in [-0.25, -0.2) is 9.48 Å². The molecule has 1 N–H and O–H groups in total. The van der Waals surface area contributed by atoms with Crippen molar-refractivity contribution in [2.24, 2.45) is 0 Å². The van der Waals surface area contributed by atoms with Crippen molar-refractivity contribution in [3.8, 4) is 0 Å². The van der Waals surface area contributed by atoms with Gasteiger partial charge in [0.25, 0.3) is 0 Å². The average Bonchev–Trinajstić information content (AvgIpc) is 3.09. The van der Waals surface area contributed by atoms with E-state index in [1.54, 1.807) is 12.1 Å². The molecule has 2 aliphatic rings. The molecule has 0 radical (unpaired) electrons. The predicted molar refractivity (Wildman–Crippen MR) is 77.4 cm³/mol. The summed E-state index contributed by atoms with van der Waals surface area (Å²) in [6.07, 6.45) is 4.90. The van der Waals surface area contributed by atoms with Crippen molar-refractivity contribution in [3.63, 3.8) is 0 Å². The second-order valence-corrected chi connectivity index (χ2v) is 6.00. The van der Waals surface area contributed by atoms with E-state index in [4.69, 9.17) is 5.11 Å². The minimum Gasteiger partial charge on any atom is -0.478 e. The number of carboxylic acids is 1. The number of benzene rings is 1. The lowest BCUT2D eigenvalue weighted by Crippen LogP contribution is -2.37. The number of rotatable bonds is 2. The monoisotopic (exact) mass is 286 g/mol. The van der Waals surface area contributed by atoms with Gasteiger partial charge in [-0.2, -0.15) is 0 Å². The Morgan fingerprint density at radius 3 is 2.95 bits per heavy atom. The summed E-state index contributed by atoms with van der Waals surface area (Å²) in [7, 11) is 0. The van der Waals surface area contributed by atoms with Crippen molar-refractivity contribution < 1.29 is 9.90 Å². The summed E-state index contributed by atoms with van der Waals surface area (Å²) < 4.78 is 2.01. The molecular formula is C15H18N4O2. The highest BCUT2D eigenvalue weighted by molar-refractivity contribution is 5.92. The summed E-state index contributed by atoms with van der Waals surface area (Å²) in [5.74, 6) is -0.925. The zero-order valence-corrected chi connectivity index (χ0v) is 11.8. The zero-order valence-electron chi connectivity index (χ0n) is 11.8. The van der Waals surface area contributed by atoms with E-state index in [9.17, 15) is 4.79 Å². The van der Waals surface area contributed by atoms with Crippen molar-refractivity contribution >= 4 is 17.0 Å². The van der Waals surface area contributed by atoms with Crippen LogP contribution in [0.5, 0.6) is 0 Å². The first-order valence-corrected chi connectivity index (χ1v) is 7.56. The van der Waals surface area contributed by atoms with Crippen molar-refractivity contribution in [3.05, 3.63) is 23.8 Å². The van der Waals surface area contributed by atoms with Gasteiger partial charge in [0.05, 0.1) is 17.1 Å². The Hall–Kier alpha value is -1.95. The van der Waals surface area contributed by atoms with Crippen LogP contribution in [0.1, 0.15) is 42.1 Å². The predicted octanol–water partition coefficient (Wildman–Crippen LogP) is 1.93. The number of nitrogens with zero attached hydrogens (tertiary/aromatic N) is 4. The van der Waals surface area contributed by atoms with Gasteiger partial charge >= 0.3 is 5.97 Å². The van der Waals surface area contributed by atoms with Crippen LogP contribution in [0.4, 0.5) is 0 Å². The van der Waals surface area contributed by atoms with Crippen LogP contribution in [0.25, 0.3) is 11.0 Å². The van der Waals surface area contributed by atoms with Crippen LogP contribution < -0.4 is 0 Å². The molecule has 0 amide bonds. The maximum Gasteiger partial charge on any atom is 0.335 e. The number of fused-ring (bicyclic) bond motifs is 2. The van der Waals surface area contributed by atoms with E-state index in [-0.39, 0.29) is 5.56 Å². The first-order chi connectivity index (χ1) is 10.2. The highest BCUT2D eigenvalue weighted by Crippen LogP contribution is 2.36. The minimum atomic E-state index is -0.925. The zero-order chi connectivity index (χ0) is 14.4. The Labute approximate surface area is 122 Å². The fraction of sp³-hybridized carbons (Fsp3) is 0.533. The van der Waals surface area contributed by atoms with E-state index in [0.717, 1.165) is 18.5 Å². The van der Waals surface area contributed by atoms with Crippen LogP contribution in [0.15, 0.2) is 18.2 Å². The quantitative estimate of drug-likeness (QED) is 0.913. The van der Waals surface area contributed by atoms with Crippen molar-refractivity contribution in [2.75, 3.05) is 13.1 Å². The van der Waals surface area contributed by atoms with E-state index < -0.39 is 5.97 Å². The topological polar surface area (TPSA) is 71.2 Å². The average molecular weight is 286 g/mol. The number of carbonyl (C=O) groups is 1. The van der Waals surface area contributed by atoms with Gasteiger partial charge in [-0.1, -0.05) is 11.6 Å². The standard InChI is InChI=1S/C15H18N4O2/c20-15(21)10-4-5-12-11(9-10)16-17-19(12)14-6-8-18-7-2-1-3-13(14)18/h4-5,9,13-14H,1-3,6-8H2,(H,20,21). The van der Waals surface area contributed by atoms with Gasteiger partial charge in [0, 0.05) is 12.6 Å². The maximum atomic E-state index is 11.0. The van der Waals surface area contributed by atoms with Crippen LogP contribution >= 0.6 is 0 Å². The molecule has 0 spiro atoms. The molecule has 2 unspecified atom stereocenters. The van der Waals surface area contributed by atoms with Crippen molar-refractivity contribution in [2.45, 2.75) is 37.8 Å². The van der Waals surface area contributed by atoms with Gasteiger partial charge in [0.1, 0.15) is 5.52 Å². The molecule has 1 aromatic carbocycles. The maximum absolute atomic E-state index is 11.0. The Morgan fingerprint density at radius 1 is 1.19 bits per heavy atom. The van der Waals surface area contributed by atoms with Crippen LogP contribution in [-0.4, -0.2) is 50.1 Å². The summed E-state index contributed by atoms with van der Waals surface area (Å²) in [4.78, 5) is 13.6. The van der Waals surface area contributed by atoms with Crippen LogP contribution in [0, 0.1) is 0 Å². The molecule has 2 atom stereocenters. The van der Waals surface area contributed by atoms with Gasteiger partial charge < -0.3 is 5.11 Å². The molecule has 2 saturated heterocycles. The van der Waals surface area contributed by atoms with Gasteiger partial charge in [-0.3, -0.25) is 4.90 Å². The first-order valence-electron chi connectivity index (χ1n) is 7.56. The summed E-state index contributed by atoms with van der Waals surface area (Å²) in [5.41, 5.74) is 1.88. The Morgan fingerprint density at radius 2 is 2.10 bits per heavy atom. The Bertz CT molecular complexity index is 696. The van der Waals surface area contributed by atoms with Crippen molar-refractivity contribution in [1.29, 1.82) is 0 Å². The van der Waals surface area contributed by atoms with Gasteiger partial charge in [-0.05, 0) is 44.0 Å². The number of hydrogen-bond donors (Lipinski definition) is 1. The summed E-state index contributed by atoms with van der Waals surface area (Å²) >= 11 is 0. The van der Waals surface area contributed by atoms with E-state index >= 15 is 0 Å². The third-order valence-corrected chi connectivity index (χ3v) is 4.85. The molecule has 0 bridgehead atoms. The lowest BCUT2D eigenvalue weighted by atomic mass is 9.99. The molecule has 6 heteroatoms. The van der Waals surface area contributed by atoms with E-state index in [1.165, 1.54) is 25.8 Å². The normalized spacial score (nSPS) is 26.1. The number of piperidine rings is 1.